The smallest absolute Gasteiger partial charge is 0.107 e. The minimum absolute atomic E-state index is 0.294. The highest BCUT2D eigenvalue weighted by Crippen LogP contribution is 2.23. The van der Waals surface area contributed by atoms with Gasteiger partial charge in [0, 0.05) is 0 Å². The van der Waals surface area contributed by atoms with E-state index in [9.17, 15) is 0 Å². The zero-order valence-corrected chi connectivity index (χ0v) is 11.3. The summed E-state index contributed by atoms with van der Waals surface area (Å²) >= 11 is 0. The quantitative estimate of drug-likeness (QED) is 0.487. The SMILES string of the molecule is CCCCCC[C@@H](OCc1ccccc1)[C@H]1CO1. The van der Waals surface area contributed by atoms with Crippen molar-refractivity contribution in [3.05, 3.63) is 35.9 Å². The second-order valence-electron chi connectivity index (χ2n) is 5.06. The molecule has 0 N–H and O–H groups in total. The summed E-state index contributed by atoms with van der Waals surface area (Å²) in [7, 11) is 0. The third kappa shape index (κ3) is 4.79. The second-order valence-corrected chi connectivity index (χ2v) is 5.06. The van der Waals surface area contributed by atoms with E-state index in [0.29, 0.717) is 18.8 Å². The van der Waals surface area contributed by atoms with Crippen LogP contribution in [0, 0.1) is 0 Å². The van der Waals surface area contributed by atoms with E-state index in [1.54, 1.807) is 0 Å². The first-order valence-corrected chi connectivity index (χ1v) is 7.17. The predicted molar refractivity (Wildman–Crippen MR) is 73.5 cm³/mol. The molecule has 1 aliphatic rings. The maximum absolute atomic E-state index is 6.01. The Hall–Kier alpha value is -0.860. The number of epoxide rings is 1. The van der Waals surface area contributed by atoms with Crippen LogP contribution < -0.4 is 0 Å². The van der Waals surface area contributed by atoms with Crippen molar-refractivity contribution in [1.82, 2.24) is 0 Å². The Morgan fingerprint density at radius 2 is 2.00 bits per heavy atom. The van der Waals surface area contributed by atoms with E-state index < -0.39 is 0 Å². The minimum Gasteiger partial charge on any atom is -0.371 e. The average Bonchev–Trinajstić information content (AvgIpc) is 3.23. The first kappa shape index (κ1) is 13.6. The zero-order chi connectivity index (χ0) is 12.6. The topological polar surface area (TPSA) is 21.8 Å². The Labute approximate surface area is 110 Å². The van der Waals surface area contributed by atoms with Crippen LogP contribution in [0.3, 0.4) is 0 Å². The van der Waals surface area contributed by atoms with Gasteiger partial charge in [0.05, 0.1) is 19.3 Å². The number of ether oxygens (including phenoxy) is 2. The average molecular weight is 248 g/mol. The first-order chi connectivity index (χ1) is 8.90. The van der Waals surface area contributed by atoms with E-state index in [2.05, 4.69) is 31.2 Å². The number of rotatable bonds is 9. The van der Waals surface area contributed by atoms with Crippen molar-refractivity contribution in [2.45, 2.75) is 57.8 Å². The second kappa shape index (κ2) is 7.55. The molecule has 2 heteroatoms. The van der Waals surface area contributed by atoms with E-state index in [4.69, 9.17) is 9.47 Å². The van der Waals surface area contributed by atoms with E-state index in [1.165, 1.54) is 31.2 Å². The maximum atomic E-state index is 6.01. The molecule has 2 atom stereocenters. The summed E-state index contributed by atoms with van der Waals surface area (Å²) in [6.45, 7) is 3.83. The van der Waals surface area contributed by atoms with Crippen molar-refractivity contribution in [3.8, 4) is 0 Å². The molecule has 1 aliphatic heterocycles. The van der Waals surface area contributed by atoms with Gasteiger partial charge in [0.25, 0.3) is 0 Å². The van der Waals surface area contributed by atoms with Gasteiger partial charge in [-0.1, -0.05) is 62.9 Å². The van der Waals surface area contributed by atoms with Crippen LogP contribution in [0.15, 0.2) is 30.3 Å². The van der Waals surface area contributed by atoms with Crippen molar-refractivity contribution in [2.24, 2.45) is 0 Å². The van der Waals surface area contributed by atoms with Crippen LogP contribution in [0.25, 0.3) is 0 Å². The number of benzene rings is 1. The van der Waals surface area contributed by atoms with Gasteiger partial charge in [-0.15, -0.1) is 0 Å². The molecule has 0 aromatic heterocycles. The summed E-state index contributed by atoms with van der Waals surface area (Å²) in [4.78, 5) is 0. The lowest BCUT2D eigenvalue weighted by molar-refractivity contribution is 0.0148. The molecule has 1 fully saturated rings. The molecular weight excluding hydrogens is 224 g/mol. The molecule has 1 aromatic rings. The standard InChI is InChI=1S/C16H24O2/c1-2-3-4-8-11-15(16-13-18-16)17-12-14-9-6-5-7-10-14/h5-7,9-10,15-16H,2-4,8,11-13H2,1H3/t15-,16-/m1/s1. The maximum Gasteiger partial charge on any atom is 0.107 e. The minimum atomic E-state index is 0.294. The van der Waals surface area contributed by atoms with Crippen molar-refractivity contribution in [2.75, 3.05) is 6.61 Å². The molecule has 0 unspecified atom stereocenters. The number of hydrogen-bond acceptors (Lipinski definition) is 2. The Bertz CT molecular complexity index is 319. The Kier molecular flexibility index (Phi) is 5.69. The molecule has 1 heterocycles. The Morgan fingerprint density at radius 3 is 2.67 bits per heavy atom. The Morgan fingerprint density at radius 1 is 1.22 bits per heavy atom. The van der Waals surface area contributed by atoms with Gasteiger partial charge in [0.1, 0.15) is 6.10 Å². The highest BCUT2D eigenvalue weighted by molar-refractivity contribution is 5.13. The number of unbranched alkanes of at least 4 members (excludes halogenated alkanes) is 3. The number of hydrogen-bond donors (Lipinski definition) is 0. The molecule has 1 saturated heterocycles. The van der Waals surface area contributed by atoms with Gasteiger partial charge >= 0.3 is 0 Å². The molecule has 0 amide bonds. The van der Waals surface area contributed by atoms with Crippen LogP contribution in [0.4, 0.5) is 0 Å². The van der Waals surface area contributed by atoms with Gasteiger partial charge in [0.15, 0.2) is 0 Å². The van der Waals surface area contributed by atoms with Crippen LogP contribution in [0.5, 0.6) is 0 Å². The molecule has 100 valence electrons. The van der Waals surface area contributed by atoms with Gasteiger partial charge in [-0.3, -0.25) is 0 Å². The van der Waals surface area contributed by atoms with E-state index in [0.717, 1.165) is 13.0 Å². The molecule has 2 nitrogen and oxygen atoms in total. The van der Waals surface area contributed by atoms with Crippen LogP contribution in [0.1, 0.15) is 44.6 Å². The zero-order valence-electron chi connectivity index (χ0n) is 11.3. The summed E-state index contributed by atoms with van der Waals surface area (Å²) in [5, 5.41) is 0. The predicted octanol–water partition coefficient (Wildman–Crippen LogP) is 3.94. The highest BCUT2D eigenvalue weighted by atomic mass is 16.6. The molecule has 0 radical (unpaired) electrons. The first-order valence-electron chi connectivity index (χ1n) is 7.17. The molecule has 0 aliphatic carbocycles. The van der Waals surface area contributed by atoms with Gasteiger partial charge in [0.2, 0.25) is 0 Å². The van der Waals surface area contributed by atoms with Crippen LogP contribution in [-0.4, -0.2) is 18.8 Å². The summed E-state index contributed by atoms with van der Waals surface area (Å²) in [6, 6.07) is 10.4. The fourth-order valence-electron chi connectivity index (χ4n) is 2.20. The van der Waals surface area contributed by atoms with Gasteiger partial charge in [-0.25, -0.2) is 0 Å². The van der Waals surface area contributed by atoms with Gasteiger partial charge in [-0.05, 0) is 12.0 Å². The van der Waals surface area contributed by atoms with E-state index >= 15 is 0 Å². The van der Waals surface area contributed by atoms with Crippen LogP contribution >= 0.6 is 0 Å². The van der Waals surface area contributed by atoms with Crippen LogP contribution in [0.2, 0.25) is 0 Å². The molecule has 0 spiro atoms. The van der Waals surface area contributed by atoms with Crippen molar-refractivity contribution >= 4 is 0 Å². The van der Waals surface area contributed by atoms with Crippen molar-refractivity contribution < 1.29 is 9.47 Å². The molecule has 0 saturated carbocycles. The van der Waals surface area contributed by atoms with E-state index in [1.807, 2.05) is 6.07 Å². The summed E-state index contributed by atoms with van der Waals surface area (Å²) in [5.41, 5.74) is 1.25. The Balaban J connectivity index is 1.69. The molecule has 18 heavy (non-hydrogen) atoms. The fourth-order valence-corrected chi connectivity index (χ4v) is 2.20. The monoisotopic (exact) mass is 248 g/mol. The van der Waals surface area contributed by atoms with Crippen molar-refractivity contribution in [1.29, 1.82) is 0 Å². The third-order valence-electron chi connectivity index (χ3n) is 3.42. The molecule has 0 bridgehead atoms. The lowest BCUT2D eigenvalue weighted by Gasteiger charge is -2.15. The van der Waals surface area contributed by atoms with Gasteiger partial charge in [-0.2, -0.15) is 0 Å². The third-order valence-corrected chi connectivity index (χ3v) is 3.42. The lowest BCUT2D eigenvalue weighted by atomic mass is 10.1. The molecule has 1 aromatic carbocycles. The summed E-state index contributed by atoms with van der Waals surface area (Å²) in [5.74, 6) is 0. The normalized spacial score (nSPS) is 19.7. The fraction of sp³-hybridized carbons (Fsp3) is 0.625. The molecular formula is C16H24O2. The van der Waals surface area contributed by atoms with Crippen molar-refractivity contribution in [3.63, 3.8) is 0 Å². The highest BCUT2D eigenvalue weighted by Gasteiger charge is 2.32. The lowest BCUT2D eigenvalue weighted by Crippen LogP contribution is -2.19. The summed E-state index contributed by atoms with van der Waals surface area (Å²) < 4.78 is 11.4. The molecule has 2 rings (SSSR count). The van der Waals surface area contributed by atoms with E-state index in [-0.39, 0.29) is 0 Å². The van der Waals surface area contributed by atoms with Crippen LogP contribution in [-0.2, 0) is 16.1 Å². The van der Waals surface area contributed by atoms with Gasteiger partial charge < -0.3 is 9.47 Å². The largest absolute Gasteiger partial charge is 0.371 e. The summed E-state index contributed by atoms with van der Waals surface area (Å²) in [6.07, 6.45) is 6.98.